The van der Waals surface area contributed by atoms with Gasteiger partial charge in [-0.15, -0.1) is 0 Å². The molecule has 2 rings (SSSR count). The van der Waals surface area contributed by atoms with E-state index >= 15 is 0 Å². The molecule has 1 aromatic rings. The highest BCUT2D eigenvalue weighted by Gasteiger charge is 2.23. The van der Waals surface area contributed by atoms with E-state index in [1.165, 1.54) is 6.42 Å². The average molecular weight is 293 g/mol. The average Bonchev–Trinajstić information content (AvgIpc) is 2.44. The van der Waals surface area contributed by atoms with Crippen molar-refractivity contribution in [3.63, 3.8) is 0 Å². The summed E-state index contributed by atoms with van der Waals surface area (Å²) in [5.74, 6) is 2.79. The molecular weight excluding hydrogens is 266 g/mol. The number of likely N-dealkylation sites (tertiary alicyclic amines) is 1. The fourth-order valence-corrected chi connectivity index (χ4v) is 3.22. The number of nitrogens with zero attached hydrogens (tertiary/aromatic N) is 1. The molecule has 1 heterocycles. The Hall–Kier alpha value is -1.26. The van der Waals surface area contributed by atoms with E-state index in [9.17, 15) is 5.11 Å². The van der Waals surface area contributed by atoms with Gasteiger partial charge in [0.1, 0.15) is 12.7 Å². The molecule has 0 amide bonds. The maximum absolute atomic E-state index is 10.2. The van der Waals surface area contributed by atoms with Crippen LogP contribution >= 0.6 is 0 Å². The van der Waals surface area contributed by atoms with Crippen molar-refractivity contribution < 1.29 is 14.6 Å². The summed E-state index contributed by atoms with van der Waals surface area (Å²) in [5, 5.41) is 10.2. The minimum absolute atomic E-state index is 0.291. The number of hydrogen-bond donors (Lipinski definition) is 1. The third-order valence-corrected chi connectivity index (χ3v) is 3.91. The van der Waals surface area contributed by atoms with Crippen LogP contribution in [0.4, 0.5) is 0 Å². The van der Waals surface area contributed by atoms with Crippen molar-refractivity contribution in [3.05, 3.63) is 24.3 Å². The topological polar surface area (TPSA) is 41.9 Å². The van der Waals surface area contributed by atoms with Gasteiger partial charge in [0, 0.05) is 19.6 Å². The third kappa shape index (κ3) is 4.90. The normalized spacial score (nSPS) is 24.6. The summed E-state index contributed by atoms with van der Waals surface area (Å²) in [6, 6.07) is 7.52. The number of para-hydroxylation sites is 2. The molecule has 21 heavy (non-hydrogen) atoms. The summed E-state index contributed by atoms with van der Waals surface area (Å²) in [6.45, 7) is 7.65. The first-order valence-corrected chi connectivity index (χ1v) is 7.74. The van der Waals surface area contributed by atoms with Crippen LogP contribution in [0.15, 0.2) is 24.3 Å². The number of methoxy groups -OCH3 is 1. The minimum atomic E-state index is -0.479. The van der Waals surface area contributed by atoms with Gasteiger partial charge < -0.3 is 19.5 Å². The van der Waals surface area contributed by atoms with Gasteiger partial charge in [0.15, 0.2) is 11.5 Å². The summed E-state index contributed by atoms with van der Waals surface area (Å²) in [6.07, 6.45) is 0.803. The first kappa shape index (κ1) is 16.1. The Bertz CT molecular complexity index is 428. The van der Waals surface area contributed by atoms with Gasteiger partial charge in [0.05, 0.1) is 7.11 Å². The smallest absolute Gasteiger partial charge is 0.161 e. The number of ether oxygens (including phenoxy) is 2. The molecule has 1 aromatic carbocycles. The fraction of sp³-hybridized carbons (Fsp3) is 0.647. The largest absolute Gasteiger partial charge is 0.493 e. The van der Waals surface area contributed by atoms with Crippen molar-refractivity contribution in [2.24, 2.45) is 11.8 Å². The van der Waals surface area contributed by atoms with Gasteiger partial charge in [0.2, 0.25) is 0 Å². The highest BCUT2D eigenvalue weighted by atomic mass is 16.5. The summed E-state index contributed by atoms with van der Waals surface area (Å²) in [4.78, 5) is 2.34. The van der Waals surface area contributed by atoms with Crippen LogP contribution in [0, 0.1) is 11.8 Å². The van der Waals surface area contributed by atoms with Gasteiger partial charge in [-0.25, -0.2) is 0 Å². The number of rotatable bonds is 6. The zero-order valence-electron chi connectivity index (χ0n) is 13.3. The van der Waals surface area contributed by atoms with Gasteiger partial charge in [-0.3, -0.25) is 0 Å². The standard InChI is InChI=1S/C17H27NO3/c1-13-8-14(2)10-18(9-13)11-15(19)12-21-17-7-5-4-6-16(17)20-3/h4-7,13-15,19H,8-12H2,1-3H3/t13-,14+,15-/m1/s1. The van der Waals surface area contributed by atoms with Crippen LogP contribution in [-0.2, 0) is 0 Å². The Morgan fingerprint density at radius 2 is 1.81 bits per heavy atom. The molecule has 0 bridgehead atoms. The van der Waals surface area contributed by atoms with Crippen LogP contribution < -0.4 is 9.47 Å². The molecule has 1 fully saturated rings. The SMILES string of the molecule is COc1ccccc1OC[C@H](O)CN1C[C@H](C)C[C@H](C)C1. The molecule has 0 radical (unpaired) electrons. The number of aliphatic hydroxyl groups excluding tert-OH is 1. The highest BCUT2D eigenvalue weighted by molar-refractivity contribution is 5.39. The second-order valence-electron chi connectivity index (χ2n) is 6.28. The zero-order valence-corrected chi connectivity index (χ0v) is 13.3. The Labute approximate surface area is 127 Å². The quantitative estimate of drug-likeness (QED) is 0.874. The van der Waals surface area contributed by atoms with E-state index in [1.54, 1.807) is 7.11 Å². The number of aliphatic hydroxyl groups is 1. The predicted octanol–water partition coefficient (Wildman–Crippen LogP) is 2.41. The van der Waals surface area contributed by atoms with Gasteiger partial charge in [0.25, 0.3) is 0 Å². The molecule has 4 nitrogen and oxygen atoms in total. The summed E-state index contributed by atoms with van der Waals surface area (Å²) in [7, 11) is 1.62. The molecule has 1 aliphatic heterocycles. The molecule has 0 aromatic heterocycles. The molecule has 0 saturated carbocycles. The van der Waals surface area contributed by atoms with Gasteiger partial charge in [-0.2, -0.15) is 0 Å². The van der Waals surface area contributed by atoms with Crippen molar-refractivity contribution in [1.82, 2.24) is 4.90 Å². The molecular formula is C17H27NO3. The van der Waals surface area contributed by atoms with Crippen LogP contribution in [0.2, 0.25) is 0 Å². The maximum Gasteiger partial charge on any atom is 0.161 e. The number of hydrogen-bond acceptors (Lipinski definition) is 4. The maximum atomic E-state index is 10.2. The van der Waals surface area contributed by atoms with E-state index in [0.717, 1.165) is 13.1 Å². The lowest BCUT2D eigenvalue weighted by molar-refractivity contribution is 0.0423. The Morgan fingerprint density at radius 1 is 1.19 bits per heavy atom. The van der Waals surface area contributed by atoms with Crippen LogP contribution in [0.1, 0.15) is 20.3 Å². The first-order chi connectivity index (χ1) is 10.1. The van der Waals surface area contributed by atoms with Crippen LogP contribution in [-0.4, -0.2) is 49.5 Å². The molecule has 4 heteroatoms. The summed E-state index contributed by atoms with van der Waals surface area (Å²) in [5.41, 5.74) is 0. The van der Waals surface area contributed by atoms with Crippen LogP contribution in [0.25, 0.3) is 0 Å². The number of piperidine rings is 1. The zero-order chi connectivity index (χ0) is 15.2. The second kappa shape index (κ2) is 7.66. The van der Waals surface area contributed by atoms with Gasteiger partial charge in [-0.05, 0) is 30.4 Å². The van der Waals surface area contributed by atoms with Gasteiger partial charge in [-0.1, -0.05) is 26.0 Å². The lowest BCUT2D eigenvalue weighted by Crippen LogP contribution is -2.44. The van der Waals surface area contributed by atoms with E-state index in [-0.39, 0.29) is 0 Å². The molecule has 118 valence electrons. The van der Waals surface area contributed by atoms with Crippen molar-refractivity contribution >= 4 is 0 Å². The molecule has 3 atom stereocenters. The monoisotopic (exact) mass is 293 g/mol. The minimum Gasteiger partial charge on any atom is -0.493 e. The molecule has 1 aliphatic rings. The van der Waals surface area contributed by atoms with Crippen molar-refractivity contribution in [3.8, 4) is 11.5 Å². The van der Waals surface area contributed by atoms with E-state index < -0.39 is 6.10 Å². The van der Waals surface area contributed by atoms with Crippen LogP contribution in [0.5, 0.6) is 11.5 Å². The third-order valence-electron chi connectivity index (χ3n) is 3.91. The molecule has 1 N–H and O–H groups in total. The van der Waals surface area contributed by atoms with E-state index in [1.807, 2.05) is 24.3 Å². The van der Waals surface area contributed by atoms with Crippen molar-refractivity contribution in [2.45, 2.75) is 26.4 Å². The Morgan fingerprint density at radius 3 is 2.43 bits per heavy atom. The number of benzene rings is 1. The second-order valence-corrected chi connectivity index (χ2v) is 6.28. The molecule has 0 spiro atoms. The van der Waals surface area contributed by atoms with Gasteiger partial charge >= 0.3 is 0 Å². The fourth-order valence-electron chi connectivity index (χ4n) is 3.22. The molecule has 0 unspecified atom stereocenters. The predicted molar refractivity (Wildman–Crippen MR) is 83.9 cm³/mol. The van der Waals surface area contributed by atoms with Crippen molar-refractivity contribution in [2.75, 3.05) is 33.4 Å². The molecule has 0 aliphatic carbocycles. The summed E-state index contributed by atoms with van der Waals surface area (Å²) >= 11 is 0. The lowest BCUT2D eigenvalue weighted by atomic mass is 9.92. The van der Waals surface area contributed by atoms with Crippen LogP contribution in [0.3, 0.4) is 0 Å². The highest BCUT2D eigenvalue weighted by Crippen LogP contribution is 2.26. The van der Waals surface area contributed by atoms with E-state index in [0.29, 0.717) is 36.5 Å². The lowest BCUT2D eigenvalue weighted by Gasteiger charge is -2.35. The summed E-state index contributed by atoms with van der Waals surface area (Å²) < 4.78 is 10.9. The Balaban J connectivity index is 1.80. The van der Waals surface area contributed by atoms with Crippen molar-refractivity contribution in [1.29, 1.82) is 0 Å². The number of β-amino-alcohol motifs (C(OH)–C–C–N with tert-alkyl or cyclic N) is 1. The molecule has 1 saturated heterocycles. The van der Waals surface area contributed by atoms with E-state index in [2.05, 4.69) is 18.7 Å². The Kier molecular flexibility index (Phi) is 5.88. The first-order valence-electron chi connectivity index (χ1n) is 7.74. The van der Waals surface area contributed by atoms with E-state index in [4.69, 9.17) is 9.47 Å².